The first kappa shape index (κ1) is 14.0. The molecule has 1 N–H and O–H groups in total. The fourth-order valence-electron chi connectivity index (χ4n) is 1.91. The van der Waals surface area contributed by atoms with Crippen molar-refractivity contribution in [3.05, 3.63) is 56.3 Å². The van der Waals surface area contributed by atoms with Gasteiger partial charge in [0.2, 0.25) is 0 Å². The van der Waals surface area contributed by atoms with E-state index >= 15 is 0 Å². The first-order valence-corrected chi connectivity index (χ1v) is 7.07. The largest absolute Gasteiger partial charge is 0.307 e. The molecule has 1 amide bonds. The Hall–Kier alpha value is -1.43. The Balaban J connectivity index is 2.28. The van der Waals surface area contributed by atoms with Gasteiger partial charge in [0.1, 0.15) is 5.82 Å². The highest BCUT2D eigenvalue weighted by atomic mass is 127. The highest BCUT2D eigenvalue weighted by Crippen LogP contribution is 2.18. The second-order valence-corrected chi connectivity index (χ2v) is 5.64. The number of halogens is 1. The number of anilines is 1. The Kier molecular flexibility index (Phi) is 4.19. The maximum Gasteiger partial charge on any atom is 0.257 e. The Morgan fingerprint density at radius 1 is 1.21 bits per heavy atom. The van der Waals surface area contributed by atoms with Gasteiger partial charge in [-0.2, -0.15) is 0 Å². The van der Waals surface area contributed by atoms with Gasteiger partial charge in [0.05, 0.1) is 5.56 Å². The van der Waals surface area contributed by atoms with Crippen LogP contribution in [-0.2, 0) is 0 Å². The summed E-state index contributed by atoms with van der Waals surface area (Å²) in [7, 11) is 0. The first-order chi connectivity index (χ1) is 8.97. The number of benzene rings is 1. The fourth-order valence-corrected chi connectivity index (χ4v) is 2.52. The molecule has 0 radical (unpaired) electrons. The van der Waals surface area contributed by atoms with Crippen LogP contribution < -0.4 is 5.32 Å². The zero-order chi connectivity index (χ0) is 14.0. The molecule has 0 atom stereocenters. The van der Waals surface area contributed by atoms with Gasteiger partial charge >= 0.3 is 0 Å². The number of nitrogens with zero attached hydrogens (tertiary/aromatic N) is 1. The predicted octanol–water partition coefficient (Wildman–Crippen LogP) is 3.86. The summed E-state index contributed by atoms with van der Waals surface area (Å²) in [5.41, 5.74) is 3.76. The number of rotatable bonds is 2. The van der Waals surface area contributed by atoms with Crippen molar-refractivity contribution in [3.63, 3.8) is 0 Å². The van der Waals surface area contributed by atoms with Crippen molar-refractivity contribution in [2.24, 2.45) is 0 Å². The molecule has 4 heteroatoms. The Morgan fingerprint density at radius 2 is 1.95 bits per heavy atom. The molecule has 0 aliphatic carbocycles. The average molecular weight is 366 g/mol. The lowest BCUT2D eigenvalue weighted by molar-refractivity contribution is 0.102. The second-order valence-electron chi connectivity index (χ2n) is 4.56. The maximum absolute atomic E-state index is 12.3. The molecular weight excluding hydrogens is 351 g/mol. The summed E-state index contributed by atoms with van der Waals surface area (Å²) < 4.78 is 0.974. The summed E-state index contributed by atoms with van der Waals surface area (Å²) >= 11 is 2.20. The van der Waals surface area contributed by atoms with Crippen molar-refractivity contribution in [2.45, 2.75) is 20.8 Å². The predicted molar refractivity (Wildman–Crippen MR) is 85.6 cm³/mol. The van der Waals surface area contributed by atoms with Gasteiger partial charge < -0.3 is 5.32 Å². The van der Waals surface area contributed by atoms with E-state index in [1.54, 1.807) is 0 Å². The molecule has 0 unspecified atom stereocenters. The lowest BCUT2D eigenvalue weighted by Crippen LogP contribution is -2.15. The molecule has 1 heterocycles. The van der Waals surface area contributed by atoms with Crippen LogP contribution in [0.5, 0.6) is 0 Å². The molecule has 19 heavy (non-hydrogen) atoms. The molecule has 0 fully saturated rings. The van der Waals surface area contributed by atoms with E-state index in [4.69, 9.17) is 0 Å². The average Bonchev–Trinajstić information content (AvgIpc) is 2.31. The van der Waals surface area contributed by atoms with Crippen molar-refractivity contribution in [1.82, 2.24) is 4.98 Å². The summed E-state index contributed by atoms with van der Waals surface area (Å²) in [6, 6.07) is 9.56. The molecule has 2 aromatic rings. The monoisotopic (exact) mass is 366 g/mol. The van der Waals surface area contributed by atoms with Crippen LogP contribution in [-0.4, -0.2) is 10.9 Å². The molecule has 0 aliphatic heterocycles. The quantitative estimate of drug-likeness (QED) is 0.821. The van der Waals surface area contributed by atoms with Crippen molar-refractivity contribution in [2.75, 3.05) is 5.32 Å². The van der Waals surface area contributed by atoms with Gasteiger partial charge in [-0.1, -0.05) is 12.1 Å². The zero-order valence-electron chi connectivity index (χ0n) is 11.1. The molecule has 3 nitrogen and oxygen atoms in total. The maximum atomic E-state index is 12.3. The van der Waals surface area contributed by atoms with E-state index in [2.05, 4.69) is 32.9 Å². The normalized spacial score (nSPS) is 10.3. The van der Waals surface area contributed by atoms with Gasteiger partial charge in [0, 0.05) is 9.26 Å². The van der Waals surface area contributed by atoms with Crippen LogP contribution >= 0.6 is 22.6 Å². The van der Waals surface area contributed by atoms with E-state index in [9.17, 15) is 4.79 Å². The molecule has 0 aliphatic rings. The Bertz CT molecular complexity index is 618. The van der Waals surface area contributed by atoms with Gasteiger partial charge in [-0.15, -0.1) is 0 Å². The molecule has 0 saturated heterocycles. The summed E-state index contributed by atoms with van der Waals surface area (Å²) in [6.45, 7) is 5.90. The summed E-state index contributed by atoms with van der Waals surface area (Å²) in [6.07, 6.45) is 0. The molecule has 2 rings (SSSR count). The summed E-state index contributed by atoms with van der Waals surface area (Å²) in [4.78, 5) is 16.6. The number of amides is 1. The number of aromatic nitrogens is 1. The van der Waals surface area contributed by atoms with Crippen LogP contribution in [0, 0.1) is 24.3 Å². The third-order valence-electron chi connectivity index (χ3n) is 2.78. The molecule has 0 saturated carbocycles. The van der Waals surface area contributed by atoms with Crippen LogP contribution in [0.25, 0.3) is 0 Å². The first-order valence-electron chi connectivity index (χ1n) is 5.99. The molecule has 1 aromatic carbocycles. The zero-order valence-corrected chi connectivity index (χ0v) is 13.3. The lowest BCUT2D eigenvalue weighted by Gasteiger charge is -2.09. The topological polar surface area (TPSA) is 42.0 Å². The van der Waals surface area contributed by atoms with Gasteiger partial charge in [-0.05, 0) is 72.7 Å². The third kappa shape index (κ3) is 3.32. The summed E-state index contributed by atoms with van der Waals surface area (Å²) in [5.74, 6) is 0.477. The van der Waals surface area contributed by atoms with Crippen LogP contribution in [0.2, 0.25) is 0 Å². The Morgan fingerprint density at radius 3 is 2.63 bits per heavy atom. The van der Waals surface area contributed by atoms with Crippen molar-refractivity contribution in [1.29, 1.82) is 0 Å². The van der Waals surface area contributed by atoms with Gasteiger partial charge in [0.15, 0.2) is 0 Å². The second kappa shape index (κ2) is 5.69. The van der Waals surface area contributed by atoms with Crippen LogP contribution in [0.15, 0.2) is 30.3 Å². The minimum atomic E-state index is -0.120. The highest BCUT2D eigenvalue weighted by molar-refractivity contribution is 14.1. The minimum absolute atomic E-state index is 0.120. The number of hydrogen-bond donors (Lipinski definition) is 1. The number of pyridine rings is 1. The van der Waals surface area contributed by atoms with Crippen molar-refractivity contribution < 1.29 is 4.79 Å². The number of hydrogen-bond acceptors (Lipinski definition) is 2. The standard InChI is InChI=1S/C15H15IN2O/c1-9-7-11(3)17-13(8-9)18-15(19)12-6-4-5-10(2)14(12)16/h4-8H,1-3H3,(H,17,18,19). The smallest absolute Gasteiger partial charge is 0.257 e. The third-order valence-corrected chi connectivity index (χ3v) is 4.21. The number of nitrogens with one attached hydrogen (secondary N) is 1. The van der Waals surface area contributed by atoms with E-state index in [0.29, 0.717) is 11.4 Å². The van der Waals surface area contributed by atoms with Crippen LogP contribution in [0.4, 0.5) is 5.82 Å². The van der Waals surface area contributed by atoms with Gasteiger partial charge in [0.25, 0.3) is 5.91 Å². The van der Waals surface area contributed by atoms with Crippen molar-refractivity contribution in [3.8, 4) is 0 Å². The minimum Gasteiger partial charge on any atom is -0.307 e. The van der Waals surface area contributed by atoms with Gasteiger partial charge in [-0.25, -0.2) is 4.98 Å². The Labute approximate surface area is 126 Å². The highest BCUT2D eigenvalue weighted by Gasteiger charge is 2.12. The number of aryl methyl sites for hydroxylation is 3. The molecule has 0 spiro atoms. The van der Waals surface area contributed by atoms with E-state index in [1.807, 2.05) is 51.1 Å². The molecule has 0 bridgehead atoms. The molecule has 1 aromatic heterocycles. The van der Waals surface area contributed by atoms with Crippen molar-refractivity contribution >= 4 is 34.3 Å². The van der Waals surface area contributed by atoms with E-state index < -0.39 is 0 Å². The summed E-state index contributed by atoms with van der Waals surface area (Å²) in [5, 5.41) is 2.85. The fraction of sp³-hybridized carbons (Fsp3) is 0.200. The molecular formula is C15H15IN2O. The van der Waals surface area contributed by atoms with E-state index in [-0.39, 0.29) is 5.91 Å². The molecule has 98 valence electrons. The van der Waals surface area contributed by atoms with E-state index in [0.717, 1.165) is 20.4 Å². The van der Waals surface area contributed by atoms with Crippen LogP contribution in [0.1, 0.15) is 27.2 Å². The SMILES string of the molecule is Cc1cc(C)nc(NC(=O)c2cccc(C)c2I)c1. The number of carbonyl (C=O) groups excluding carboxylic acids is 1. The van der Waals surface area contributed by atoms with Gasteiger partial charge in [-0.3, -0.25) is 4.79 Å². The lowest BCUT2D eigenvalue weighted by atomic mass is 10.1. The number of carbonyl (C=O) groups is 1. The van der Waals surface area contributed by atoms with E-state index in [1.165, 1.54) is 0 Å². The van der Waals surface area contributed by atoms with Crippen LogP contribution in [0.3, 0.4) is 0 Å².